The molecule has 0 saturated carbocycles. The molecule has 0 atom stereocenters. The second-order valence-corrected chi connectivity index (χ2v) is 9.38. The van der Waals surface area contributed by atoms with Gasteiger partial charge in [0.15, 0.2) is 5.65 Å². The molecule has 4 aromatic rings. The number of amides is 1. The van der Waals surface area contributed by atoms with Crippen LogP contribution in [0.3, 0.4) is 0 Å². The third-order valence-corrected chi connectivity index (χ3v) is 6.71. The van der Waals surface area contributed by atoms with Crippen molar-refractivity contribution in [2.24, 2.45) is 5.73 Å². The number of likely N-dealkylation sites (tertiary alicyclic amines) is 1. The highest BCUT2D eigenvalue weighted by molar-refractivity contribution is 6.34. The minimum atomic E-state index is -0.224. The molecule has 2 aromatic heterocycles. The van der Waals surface area contributed by atoms with Crippen molar-refractivity contribution in [1.82, 2.24) is 19.3 Å². The number of hydrogen-bond acceptors (Lipinski definition) is 5. The van der Waals surface area contributed by atoms with E-state index in [0.717, 1.165) is 29.7 Å². The zero-order valence-corrected chi connectivity index (χ0v) is 19.5. The Morgan fingerprint density at radius 3 is 2.47 bits per heavy atom. The van der Waals surface area contributed by atoms with Crippen LogP contribution < -0.4 is 5.73 Å². The molecule has 7 nitrogen and oxygen atoms in total. The van der Waals surface area contributed by atoms with Crippen LogP contribution in [0, 0.1) is 11.3 Å². The number of nitrogens with zero attached hydrogens (tertiary/aromatic N) is 5. The van der Waals surface area contributed by atoms with Gasteiger partial charge in [0, 0.05) is 36.0 Å². The number of piperidine rings is 1. The zero-order valence-electron chi connectivity index (χ0n) is 18.7. The molecule has 0 radical (unpaired) electrons. The van der Waals surface area contributed by atoms with Crippen LogP contribution in [0.4, 0.5) is 0 Å². The van der Waals surface area contributed by atoms with Crippen molar-refractivity contribution in [3.8, 4) is 28.6 Å². The van der Waals surface area contributed by atoms with Gasteiger partial charge < -0.3 is 10.6 Å². The first-order chi connectivity index (χ1) is 16.3. The number of aromatic nitrogens is 3. The van der Waals surface area contributed by atoms with E-state index in [1.807, 2.05) is 40.6 Å². The summed E-state index contributed by atoms with van der Waals surface area (Å²) in [6, 6.07) is 14.9. The number of imidazole rings is 1. The van der Waals surface area contributed by atoms with Gasteiger partial charge in [0.2, 0.25) is 0 Å². The van der Waals surface area contributed by atoms with Crippen molar-refractivity contribution in [3.05, 3.63) is 77.2 Å². The van der Waals surface area contributed by atoms with Gasteiger partial charge in [-0.2, -0.15) is 5.26 Å². The van der Waals surface area contributed by atoms with E-state index in [2.05, 4.69) is 16.0 Å². The third-order valence-electron chi connectivity index (χ3n) is 6.39. The van der Waals surface area contributed by atoms with E-state index in [9.17, 15) is 4.79 Å². The lowest BCUT2D eigenvalue weighted by atomic mass is 9.90. The Bertz CT molecular complexity index is 1420. The molecular weight excluding hydrogens is 448 g/mol. The molecular formula is C26H23ClN6O. The number of benzene rings is 2. The number of nitrogens with two attached hydrogens (primary N) is 1. The summed E-state index contributed by atoms with van der Waals surface area (Å²) in [7, 11) is 0. The molecule has 34 heavy (non-hydrogen) atoms. The van der Waals surface area contributed by atoms with Crippen LogP contribution >= 0.6 is 11.6 Å². The normalized spacial score (nSPS) is 15.3. The van der Waals surface area contributed by atoms with Crippen molar-refractivity contribution >= 4 is 23.2 Å². The average molecular weight is 471 g/mol. The largest absolute Gasteiger partial charge is 0.338 e. The molecule has 0 bridgehead atoms. The Kier molecular flexibility index (Phi) is 5.56. The summed E-state index contributed by atoms with van der Waals surface area (Å²) in [5.74, 6) is -0.0758. The van der Waals surface area contributed by atoms with Gasteiger partial charge in [-0.3, -0.25) is 14.2 Å². The summed E-state index contributed by atoms with van der Waals surface area (Å²) in [4.78, 5) is 23.8. The summed E-state index contributed by atoms with van der Waals surface area (Å²) >= 11 is 6.56. The van der Waals surface area contributed by atoms with Gasteiger partial charge in [-0.25, -0.2) is 4.98 Å². The fourth-order valence-electron chi connectivity index (χ4n) is 4.21. The predicted octanol–water partition coefficient (Wildman–Crippen LogP) is 4.54. The number of nitriles is 1. The van der Waals surface area contributed by atoms with Gasteiger partial charge in [0.1, 0.15) is 0 Å². The van der Waals surface area contributed by atoms with Crippen molar-refractivity contribution < 1.29 is 4.79 Å². The molecule has 0 unspecified atom stereocenters. The number of hydrogen-bond donors (Lipinski definition) is 1. The molecule has 170 valence electrons. The summed E-state index contributed by atoms with van der Waals surface area (Å²) < 4.78 is 1.95. The van der Waals surface area contributed by atoms with Gasteiger partial charge in [0.05, 0.1) is 46.0 Å². The van der Waals surface area contributed by atoms with E-state index in [0.29, 0.717) is 40.6 Å². The van der Waals surface area contributed by atoms with E-state index in [-0.39, 0.29) is 11.4 Å². The van der Waals surface area contributed by atoms with Gasteiger partial charge in [-0.15, -0.1) is 0 Å². The first-order valence-corrected chi connectivity index (χ1v) is 11.4. The summed E-state index contributed by atoms with van der Waals surface area (Å²) in [6.07, 6.45) is 6.92. The third kappa shape index (κ3) is 4.14. The van der Waals surface area contributed by atoms with Crippen LogP contribution in [0.1, 0.15) is 35.7 Å². The number of rotatable bonds is 3. The molecule has 2 N–H and O–H groups in total. The standard InChI is InChI=1S/C26H23ClN6O/c1-26(29)8-10-32(11-9-26)25(34)20-7-6-19(12-21(20)27)22-16-33-23(14-31-24(33)15-30-22)18-4-2-17(13-28)3-5-18/h2-7,12,14-16H,8-11,29H2,1H3. The molecule has 0 spiro atoms. The lowest BCUT2D eigenvalue weighted by molar-refractivity contribution is 0.0681. The fourth-order valence-corrected chi connectivity index (χ4v) is 4.47. The fraction of sp³-hybridized carbons (Fsp3) is 0.231. The maximum Gasteiger partial charge on any atom is 0.255 e. The Balaban J connectivity index is 1.44. The highest BCUT2D eigenvalue weighted by Crippen LogP contribution is 2.29. The summed E-state index contributed by atoms with van der Waals surface area (Å²) in [5.41, 5.74) is 11.1. The lowest BCUT2D eigenvalue weighted by Gasteiger charge is -2.36. The molecule has 1 amide bonds. The molecule has 1 aliphatic heterocycles. The van der Waals surface area contributed by atoms with Crippen molar-refractivity contribution in [3.63, 3.8) is 0 Å². The quantitative estimate of drug-likeness (QED) is 0.473. The second-order valence-electron chi connectivity index (χ2n) is 8.97. The van der Waals surface area contributed by atoms with Gasteiger partial charge in [-0.1, -0.05) is 29.8 Å². The minimum absolute atomic E-state index is 0.0758. The molecule has 5 rings (SSSR count). The molecule has 1 saturated heterocycles. The smallest absolute Gasteiger partial charge is 0.255 e. The van der Waals surface area contributed by atoms with Crippen LogP contribution in [-0.2, 0) is 0 Å². The monoisotopic (exact) mass is 470 g/mol. The van der Waals surface area contributed by atoms with E-state index >= 15 is 0 Å². The Hall–Kier alpha value is -3.73. The number of carbonyl (C=O) groups excluding carboxylic acids is 1. The number of carbonyl (C=O) groups is 1. The Morgan fingerprint density at radius 2 is 1.79 bits per heavy atom. The van der Waals surface area contributed by atoms with E-state index in [1.165, 1.54) is 0 Å². The lowest BCUT2D eigenvalue weighted by Crippen LogP contribution is -2.49. The highest BCUT2D eigenvalue weighted by atomic mass is 35.5. The van der Waals surface area contributed by atoms with Crippen LogP contribution in [0.25, 0.3) is 28.2 Å². The van der Waals surface area contributed by atoms with E-state index < -0.39 is 0 Å². The first kappa shape index (κ1) is 22.1. The molecule has 8 heteroatoms. The maximum absolute atomic E-state index is 13.0. The summed E-state index contributed by atoms with van der Waals surface area (Å²) in [5, 5.41) is 9.44. The highest BCUT2D eigenvalue weighted by Gasteiger charge is 2.29. The van der Waals surface area contributed by atoms with Gasteiger partial charge in [0.25, 0.3) is 5.91 Å². The van der Waals surface area contributed by atoms with Crippen LogP contribution in [0.5, 0.6) is 0 Å². The van der Waals surface area contributed by atoms with Crippen molar-refractivity contribution in [1.29, 1.82) is 5.26 Å². The molecule has 1 aliphatic rings. The minimum Gasteiger partial charge on any atom is -0.338 e. The second kappa shape index (κ2) is 8.56. The van der Waals surface area contributed by atoms with Crippen LogP contribution in [0.15, 0.2) is 61.1 Å². The number of halogens is 1. The predicted molar refractivity (Wildman–Crippen MR) is 131 cm³/mol. The van der Waals surface area contributed by atoms with Crippen molar-refractivity contribution in [2.75, 3.05) is 13.1 Å². The zero-order chi connectivity index (χ0) is 23.9. The maximum atomic E-state index is 13.0. The van der Waals surface area contributed by atoms with Crippen LogP contribution in [0.2, 0.25) is 5.02 Å². The topological polar surface area (TPSA) is 100 Å². The van der Waals surface area contributed by atoms with Crippen LogP contribution in [-0.4, -0.2) is 43.8 Å². The summed E-state index contributed by atoms with van der Waals surface area (Å²) in [6.45, 7) is 3.27. The average Bonchev–Trinajstić information content (AvgIpc) is 3.27. The molecule has 2 aromatic carbocycles. The Labute approximate surface area is 202 Å². The SMILES string of the molecule is CC1(N)CCN(C(=O)c2ccc(-c3cn4c(-c5ccc(C#N)cc5)cnc4cn3)cc2Cl)CC1. The van der Waals surface area contributed by atoms with Gasteiger partial charge >= 0.3 is 0 Å². The van der Waals surface area contributed by atoms with E-state index in [4.69, 9.17) is 22.6 Å². The first-order valence-electron chi connectivity index (χ1n) is 11.1. The number of fused-ring (bicyclic) bond motifs is 1. The van der Waals surface area contributed by atoms with E-state index in [1.54, 1.807) is 36.7 Å². The molecule has 3 heterocycles. The van der Waals surface area contributed by atoms with Gasteiger partial charge in [-0.05, 0) is 44.0 Å². The Morgan fingerprint density at radius 1 is 1.09 bits per heavy atom. The molecule has 1 fully saturated rings. The molecule has 0 aliphatic carbocycles. The van der Waals surface area contributed by atoms with Crippen molar-refractivity contribution in [2.45, 2.75) is 25.3 Å².